The van der Waals surface area contributed by atoms with Gasteiger partial charge in [-0.25, -0.2) is 9.97 Å². The van der Waals surface area contributed by atoms with Gasteiger partial charge in [-0.3, -0.25) is 4.79 Å². The Morgan fingerprint density at radius 2 is 2.11 bits per heavy atom. The summed E-state index contributed by atoms with van der Waals surface area (Å²) >= 11 is 1.48. The Balaban J connectivity index is 2.33. The lowest BCUT2D eigenvalue weighted by Crippen LogP contribution is -2.12. The molecule has 1 aromatic carbocycles. The highest BCUT2D eigenvalue weighted by Gasteiger charge is 2.12. The Bertz CT molecular complexity index is 722. The normalized spacial score (nSPS) is 10.7. The number of hydrogen-bond donors (Lipinski definition) is 1. The summed E-state index contributed by atoms with van der Waals surface area (Å²) in [6.45, 7) is 0. The molecule has 2 aromatic heterocycles. The SMILES string of the molecule is NC(=O)c1cc(-c2nccs2)nc2ccccc12. The van der Waals surface area contributed by atoms with Crippen molar-refractivity contribution in [3.05, 3.63) is 47.5 Å². The van der Waals surface area contributed by atoms with E-state index in [0.29, 0.717) is 11.3 Å². The fraction of sp³-hybridized carbons (Fsp3) is 0. The summed E-state index contributed by atoms with van der Waals surface area (Å²) in [7, 11) is 0. The predicted molar refractivity (Wildman–Crippen MR) is 71.4 cm³/mol. The molecule has 3 aromatic rings. The van der Waals surface area contributed by atoms with Gasteiger partial charge in [-0.1, -0.05) is 18.2 Å². The summed E-state index contributed by atoms with van der Waals surface area (Å²) in [4.78, 5) is 20.2. The molecule has 88 valence electrons. The topological polar surface area (TPSA) is 68.9 Å². The molecule has 4 nitrogen and oxygen atoms in total. The van der Waals surface area contributed by atoms with Crippen LogP contribution in [-0.4, -0.2) is 15.9 Å². The van der Waals surface area contributed by atoms with E-state index < -0.39 is 5.91 Å². The zero-order valence-electron chi connectivity index (χ0n) is 9.33. The van der Waals surface area contributed by atoms with Crippen molar-refractivity contribution in [1.82, 2.24) is 9.97 Å². The molecule has 0 aliphatic carbocycles. The second-order valence-corrected chi connectivity index (χ2v) is 4.67. The number of amides is 1. The van der Waals surface area contributed by atoms with Crippen molar-refractivity contribution in [3.8, 4) is 10.7 Å². The molecule has 0 atom stereocenters. The zero-order chi connectivity index (χ0) is 12.5. The molecule has 0 radical (unpaired) electrons. The maximum Gasteiger partial charge on any atom is 0.249 e. The molecule has 0 saturated heterocycles. The van der Waals surface area contributed by atoms with Gasteiger partial charge in [0.25, 0.3) is 0 Å². The van der Waals surface area contributed by atoms with Crippen LogP contribution >= 0.6 is 11.3 Å². The average Bonchev–Trinajstić information content (AvgIpc) is 2.91. The van der Waals surface area contributed by atoms with Crippen molar-refractivity contribution >= 4 is 28.1 Å². The van der Waals surface area contributed by atoms with Gasteiger partial charge in [0.15, 0.2) is 0 Å². The van der Waals surface area contributed by atoms with Crippen LogP contribution in [0.5, 0.6) is 0 Å². The Morgan fingerprint density at radius 3 is 2.83 bits per heavy atom. The molecular weight excluding hydrogens is 246 g/mol. The van der Waals surface area contributed by atoms with Crippen molar-refractivity contribution in [2.75, 3.05) is 0 Å². The number of para-hydroxylation sites is 1. The van der Waals surface area contributed by atoms with E-state index in [1.807, 2.05) is 29.6 Å². The van der Waals surface area contributed by atoms with E-state index in [-0.39, 0.29) is 0 Å². The van der Waals surface area contributed by atoms with Crippen LogP contribution in [-0.2, 0) is 0 Å². The molecule has 0 spiro atoms. The number of benzene rings is 1. The number of fused-ring (bicyclic) bond motifs is 1. The molecule has 18 heavy (non-hydrogen) atoms. The van der Waals surface area contributed by atoms with Gasteiger partial charge in [0.1, 0.15) is 10.7 Å². The number of thiazole rings is 1. The van der Waals surface area contributed by atoms with Crippen LogP contribution in [0.1, 0.15) is 10.4 Å². The largest absolute Gasteiger partial charge is 0.366 e. The van der Waals surface area contributed by atoms with Crippen molar-refractivity contribution < 1.29 is 4.79 Å². The fourth-order valence-corrected chi connectivity index (χ4v) is 2.44. The van der Waals surface area contributed by atoms with Gasteiger partial charge < -0.3 is 5.73 Å². The number of hydrogen-bond acceptors (Lipinski definition) is 4. The monoisotopic (exact) mass is 255 g/mol. The third kappa shape index (κ3) is 1.74. The maximum absolute atomic E-state index is 11.5. The Kier molecular flexibility index (Phi) is 2.53. The first-order valence-corrected chi connectivity index (χ1v) is 6.23. The van der Waals surface area contributed by atoms with Crippen LogP contribution in [0.2, 0.25) is 0 Å². The molecule has 0 unspecified atom stereocenters. The lowest BCUT2D eigenvalue weighted by atomic mass is 10.1. The fourth-order valence-electron chi connectivity index (χ4n) is 1.84. The summed E-state index contributed by atoms with van der Waals surface area (Å²) in [6, 6.07) is 9.14. The quantitative estimate of drug-likeness (QED) is 0.764. The molecule has 0 bridgehead atoms. The number of aromatic nitrogens is 2. The van der Waals surface area contributed by atoms with Crippen LogP contribution in [0.4, 0.5) is 0 Å². The van der Waals surface area contributed by atoms with Gasteiger partial charge in [-0.2, -0.15) is 0 Å². The molecule has 0 fully saturated rings. The number of nitrogens with zero attached hydrogens (tertiary/aromatic N) is 2. The number of primary amides is 1. The summed E-state index contributed by atoms with van der Waals surface area (Å²) in [6.07, 6.45) is 1.71. The van der Waals surface area contributed by atoms with Crippen LogP contribution < -0.4 is 5.73 Å². The number of carbonyl (C=O) groups is 1. The molecule has 0 saturated carbocycles. The van der Waals surface area contributed by atoms with E-state index in [1.165, 1.54) is 11.3 Å². The minimum absolute atomic E-state index is 0.452. The average molecular weight is 255 g/mol. The first-order valence-electron chi connectivity index (χ1n) is 5.35. The second kappa shape index (κ2) is 4.19. The molecule has 5 heteroatoms. The minimum Gasteiger partial charge on any atom is -0.366 e. The van der Waals surface area contributed by atoms with Crippen molar-refractivity contribution in [3.63, 3.8) is 0 Å². The highest BCUT2D eigenvalue weighted by Crippen LogP contribution is 2.25. The van der Waals surface area contributed by atoms with Gasteiger partial charge in [-0.05, 0) is 12.1 Å². The van der Waals surface area contributed by atoms with Gasteiger partial charge in [0.2, 0.25) is 5.91 Å². The molecule has 0 aliphatic heterocycles. The van der Waals surface area contributed by atoms with E-state index in [0.717, 1.165) is 15.9 Å². The van der Waals surface area contributed by atoms with Gasteiger partial charge in [0.05, 0.1) is 11.1 Å². The summed E-state index contributed by atoms with van der Waals surface area (Å²) in [5.41, 5.74) is 7.32. The summed E-state index contributed by atoms with van der Waals surface area (Å²) in [5, 5.41) is 3.42. The summed E-state index contributed by atoms with van der Waals surface area (Å²) < 4.78 is 0. The van der Waals surface area contributed by atoms with E-state index in [4.69, 9.17) is 5.73 Å². The van der Waals surface area contributed by atoms with Crippen LogP contribution in [0.3, 0.4) is 0 Å². The standard InChI is InChI=1S/C13H9N3OS/c14-12(17)9-7-11(13-15-5-6-18-13)16-10-4-2-1-3-8(9)10/h1-7H,(H2,14,17). The predicted octanol–water partition coefficient (Wildman–Crippen LogP) is 2.46. The molecular formula is C13H9N3OS. The number of nitrogens with two attached hydrogens (primary N) is 1. The zero-order valence-corrected chi connectivity index (χ0v) is 10.1. The Labute approximate surface area is 107 Å². The van der Waals surface area contributed by atoms with Crippen LogP contribution in [0, 0.1) is 0 Å². The maximum atomic E-state index is 11.5. The van der Waals surface area contributed by atoms with Crippen LogP contribution in [0.15, 0.2) is 41.9 Å². The first-order chi connectivity index (χ1) is 8.75. The number of carbonyl (C=O) groups excluding carboxylic acids is 1. The van der Waals surface area contributed by atoms with Gasteiger partial charge in [0, 0.05) is 17.0 Å². The first kappa shape index (κ1) is 10.9. The third-order valence-corrected chi connectivity index (χ3v) is 3.43. The summed E-state index contributed by atoms with van der Waals surface area (Å²) in [5.74, 6) is -0.452. The van der Waals surface area contributed by atoms with Crippen molar-refractivity contribution in [2.45, 2.75) is 0 Å². The van der Waals surface area contributed by atoms with Gasteiger partial charge >= 0.3 is 0 Å². The lowest BCUT2D eigenvalue weighted by molar-refractivity contribution is 0.100. The Morgan fingerprint density at radius 1 is 1.28 bits per heavy atom. The lowest BCUT2D eigenvalue weighted by Gasteiger charge is -2.05. The van der Waals surface area contributed by atoms with E-state index in [2.05, 4.69) is 9.97 Å². The minimum atomic E-state index is -0.452. The number of rotatable bonds is 2. The van der Waals surface area contributed by atoms with E-state index in [9.17, 15) is 4.79 Å². The molecule has 3 rings (SSSR count). The highest BCUT2D eigenvalue weighted by molar-refractivity contribution is 7.13. The molecule has 2 heterocycles. The number of pyridine rings is 1. The highest BCUT2D eigenvalue weighted by atomic mass is 32.1. The molecule has 0 aliphatic rings. The van der Waals surface area contributed by atoms with Gasteiger partial charge in [-0.15, -0.1) is 11.3 Å². The molecule has 2 N–H and O–H groups in total. The van der Waals surface area contributed by atoms with Crippen molar-refractivity contribution in [2.24, 2.45) is 5.73 Å². The molecule has 1 amide bonds. The smallest absolute Gasteiger partial charge is 0.249 e. The Hall–Kier alpha value is -2.27. The second-order valence-electron chi connectivity index (χ2n) is 3.77. The van der Waals surface area contributed by atoms with Crippen molar-refractivity contribution in [1.29, 1.82) is 0 Å². The third-order valence-electron chi connectivity index (χ3n) is 2.63. The van der Waals surface area contributed by atoms with E-state index in [1.54, 1.807) is 12.3 Å². The van der Waals surface area contributed by atoms with Crippen LogP contribution in [0.25, 0.3) is 21.6 Å². The van der Waals surface area contributed by atoms with E-state index >= 15 is 0 Å².